The van der Waals surface area contributed by atoms with E-state index in [1.54, 1.807) is 45.9 Å². The Morgan fingerprint density at radius 1 is 0.773 bits per heavy atom. The van der Waals surface area contributed by atoms with Crippen molar-refractivity contribution in [1.29, 1.82) is 0 Å². The van der Waals surface area contributed by atoms with Crippen LogP contribution in [0.15, 0.2) is 42.2 Å². The summed E-state index contributed by atoms with van der Waals surface area (Å²) in [6, 6.07) is 6.26. The standard InChI is InChI=1S/C32H38O10S2/c1-29(2,27(37)38)14-8-7-11-19-17-22(33)26(36)32(44,41-19)21-13-6-5-12-20(21)24-18-23(34)25(35)31(43,42-24)16-10-9-15-30(3,4)28(39)40/h5-6,12-13,17-18,43-44H,7-11,14-16H2,1-4H3,(H,37,38)(H,39,40). The molecule has 2 heterocycles. The van der Waals surface area contributed by atoms with Crippen molar-refractivity contribution in [2.45, 2.75) is 88.9 Å². The highest BCUT2D eigenvalue weighted by Crippen LogP contribution is 2.44. The Morgan fingerprint density at radius 2 is 1.32 bits per heavy atom. The lowest BCUT2D eigenvalue weighted by Gasteiger charge is -2.36. The van der Waals surface area contributed by atoms with Gasteiger partial charge in [0, 0.05) is 36.1 Å². The molecule has 0 bridgehead atoms. The smallest absolute Gasteiger partial charge is 0.309 e. The molecule has 0 spiro atoms. The number of carboxylic acid groups (broad SMARTS) is 2. The van der Waals surface area contributed by atoms with Crippen LogP contribution in [-0.2, 0) is 43.2 Å². The molecule has 0 saturated carbocycles. The molecule has 2 N–H and O–H groups in total. The highest BCUT2D eigenvalue weighted by Gasteiger charge is 2.49. The first-order chi connectivity index (χ1) is 20.3. The Labute approximate surface area is 267 Å². The number of carbonyl (C=O) groups is 6. The summed E-state index contributed by atoms with van der Waals surface area (Å²) in [5.41, 5.74) is -1.57. The van der Waals surface area contributed by atoms with Crippen molar-refractivity contribution < 1.29 is 48.5 Å². The Balaban J connectivity index is 1.83. The molecule has 0 aromatic heterocycles. The van der Waals surface area contributed by atoms with Crippen molar-refractivity contribution in [3.63, 3.8) is 0 Å². The maximum atomic E-state index is 13.2. The molecular formula is C32H38O10S2. The number of thiol groups is 2. The van der Waals surface area contributed by atoms with Crippen molar-refractivity contribution in [2.24, 2.45) is 10.8 Å². The fourth-order valence-corrected chi connectivity index (χ4v) is 5.67. The zero-order valence-corrected chi connectivity index (χ0v) is 27.0. The van der Waals surface area contributed by atoms with Crippen LogP contribution in [0.2, 0.25) is 0 Å². The average Bonchev–Trinajstić information content (AvgIpc) is 2.94. The number of ether oxygens (including phenoxy) is 2. The van der Waals surface area contributed by atoms with Crippen LogP contribution in [0.3, 0.4) is 0 Å². The van der Waals surface area contributed by atoms with Crippen LogP contribution in [0.5, 0.6) is 0 Å². The van der Waals surface area contributed by atoms with Gasteiger partial charge in [-0.3, -0.25) is 28.8 Å². The van der Waals surface area contributed by atoms with E-state index in [1.165, 1.54) is 6.07 Å². The normalized spacial score (nSPS) is 22.6. The molecule has 12 heteroatoms. The maximum Gasteiger partial charge on any atom is 0.309 e. The summed E-state index contributed by atoms with van der Waals surface area (Å²) in [4.78, 5) is 70.6. The van der Waals surface area contributed by atoms with E-state index < -0.39 is 55.8 Å². The van der Waals surface area contributed by atoms with Crippen LogP contribution < -0.4 is 0 Å². The van der Waals surface area contributed by atoms with Crippen LogP contribution in [0.25, 0.3) is 5.76 Å². The third kappa shape index (κ3) is 7.63. The van der Waals surface area contributed by atoms with Gasteiger partial charge in [-0.05, 0) is 53.4 Å². The van der Waals surface area contributed by atoms with Gasteiger partial charge in [-0.2, -0.15) is 0 Å². The predicted molar refractivity (Wildman–Crippen MR) is 167 cm³/mol. The number of aliphatic carboxylic acids is 2. The molecule has 2 aliphatic rings. The molecule has 1 aromatic rings. The molecule has 3 rings (SSSR count). The van der Waals surface area contributed by atoms with E-state index in [9.17, 15) is 39.0 Å². The summed E-state index contributed by atoms with van der Waals surface area (Å²) in [6.07, 6.45) is 4.92. The summed E-state index contributed by atoms with van der Waals surface area (Å²) in [5.74, 6) is -5.26. The molecular weight excluding hydrogens is 608 g/mol. The molecule has 0 amide bonds. The Morgan fingerprint density at radius 3 is 1.91 bits per heavy atom. The molecule has 2 unspecified atom stereocenters. The van der Waals surface area contributed by atoms with Gasteiger partial charge in [0.2, 0.25) is 21.4 Å². The van der Waals surface area contributed by atoms with E-state index in [4.69, 9.17) is 9.47 Å². The number of unbranched alkanes of at least 4 members (excludes halogenated alkanes) is 2. The monoisotopic (exact) mass is 646 g/mol. The molecule has 238 valence electrons. The van der Waals surface area contributed by atoms with Crippen LogP contribution in [0.1, 0.15) is 90.2 Å². The second-order valence-electron chi connectivity index (χ2n) is 12.5. The van der Waals surface area contributed by atoms with E-state index in [0.29, 0.717) is 38.5 Å². The molecule has 0 aliphatic carbocycles. The van der Waals surface area contributed by atoms with Crippen molar-refractivity contribution in [3.8, 4) is 0 Å². The SMILES string of the molecule is CC(C)(CCCCC1=CC(=O)C(=O)C(S)(c2ccccc2C2=CC(=O)C(=O)C(S)(CCCCC(C)(C)C(=O)O)O2)O1)C(=O)O. The fourth-order valence-electron chi connectivity index (χ4n) is 4.88. The van der Waals surface area contributed by atoms with Gasteiger partial charge in [0.15, 0.2) is 0 Å². The number of hydrogen-bond donors (Lipinski definition) is 4. The molecule has 2 aliphatic heterocycles. The van der Waals surface area contributed by atoms with E-state index in [-0.39, 0.29) is 35.5 Å². The molecule has 10 nitrogen and oxygen atoms in total. The first-order valence-electron chi connectivity index (χ1n) is 14.3. The number of allylic oxidation sites excluding steroid dienone is 3. The molecule has 0 fully saturated rings. The summed E-state index contributed by atoms with van der Waals surface area (Å²) >= 11 is 8.98. The van der Waals surface area contributed by atoms with Crippen molar-refractivity contribution in [1.82, 2.24) is 0 Å². The van der Waals surface area contributed by atoms with Gasteiger partial charge >= 0.3 is 11.9 Å². The summed E-state index contributed by atoms with van der Waals surface area (Å²) in [6.45, 7) is 6.46. The number of carboxylic acids is 2. The van der Waals surface area contributed by atoms with Crippen LogP contribution in [-0.4, -0.2) is 50.2 Å². The number of benzene rings is 1. The molecule has 44 heavy (non-hydrogen) atoms. The lowest BCUT2D eigenvalue weighted by atomic mass is 9.86. The van der Waals surface area contributed by atoms with Crippen LogP contribution in [0, 0.1) is 10.8 Å². The van der Waals surface area contributed by atoms with E-state index >= 15 is 0 Å². The lowest BCUT2D eigenvalue weighted by Crippen LogP contribution is -2.44. The van der Waals surface area contributed by atoms with Gasteiger partial charge in [-0.15, -0.1) is 25.3 Å². The number of hydrogen-bond acceptors (Lipinski definition) is 10. The summed E-state index contributed by atoms with van der Waals surface area (Å²) in [7, 11) is 0. The Bertz CT molecular complexity index is 1440. The zero-order valence-electron chi connectivity index (χ0n) is 25.2. The Hall–Kier alpha value is -3.38. The molecule has 0 radical (unpaired) electrons. The first kappa shape index (κ1) is 35.1. The number of ketones is 4. The first-order valence-corrected chi connectivity index (χ1v) is 15.2. The highest BCUT2D eigenvalue weighted by molar-refractivity contribution is 7.82. The van der Waals surface area contributed by atoms with Gasteiger partial charge in [0.1, 0.15) is 11.5 Å². The van der Waals surface area contributed by atoms with Crippen LogP contribution in [0.4, 0.5) is 0 Å². The number of rotatable bonds is 14. The highest BCUT2D eigenvalue weighted by atomic mass is 32.1. The lowest BCUT2D eigenvalue weighted by molar-refractivity contribution is -0.148. The Kier molecular flexibility index (Phi) is 10.6. The largest absolute Gasteiger partial charge is 0.481 e. The minimum atomic E-state index is -2.07. The summed E-state index contributed by atoms with van der Waals surface area (Å²) in [5, 5.41) is 18.7. The molecule has 1 aromatic carbocycles. The fraction of sp³-hybridized carbons (Fsp3) is 0.500. The average molecular weight is 647 g/mol. The second-order valence-corrected chi connectivity index (χ2v) is 13.8. The van der Waals surface area contributed by atoms with Crippen molar-refractivity contribution in [3.05, 3.63) is 53.3 Å². The van der Waals surface area contributed by atoms with E-state index in [2.05, 4.69) is 25.3 Å². The van der Waals surface area contributed by atoms with Gasteiger partial charge in [0.25, 0.3) is 11.6 Å². The van der Waals surface area contributed by atoms with E-state index in [0.717, 1.165) is 12.2 Å². The maximum absolute atomic E-state index is 13.2. The minimum Gasteiger partial charge on any atom is -0.481 e. The van der Waals surface area contributed by atoms with Crippen molar-refractivity contribution in [2.75, 3.05) is 0 Å². The second kappa shape index (κ2) is 13.3. The van der Waals surface area contributed by atoms with Gasteiger partial charge in [-0.25, -0.2) is 0 Å². The quantitative estimate of drug-likeness (QED) is 0.119. The van der Waals surface area contributed by atoms with Gasteiger partial charge in [-0.1, -0.05) is 37.1 Å². The number of carbonyl (C=O) groups excluding carboxylic acids is 4. The van der Waals surface area contributed by atoms with Crippen molar-refractivity contribution >= 4 is 66.1 Å². The van der Waals surface area contributed by atoms with E-state index in [1.807, 2.05) is 0 Å². The third-order valence-corrected chi connectivity index (χ3v) is 9.03. The minimum absolute atomic E-state index is 0.0153. The summed E-state index contributed by atoms with van der Waals surface area (Å²) < 4.78 is 12.0. The topological polar surface area (TPSA) is 161 Å². The van der Waals surface area contributed by atoms with Crippen LogP contribution >= 0.6 is 25.3 Å². The van der Waals surface area contributed by atoms with Gasteiger partial charge in [0.05, 0.1) is 10.8 Å². The third-order valence-electron chi connectivity index (χ3n) is 7.98. The predicted octanol–water partition coefficient (Wildman–Crippen LogP) is 5.30. The molecule has 2 atom stereocenters. The molecule has 0 saturated heterocycles. The zero-order chi connectivity index (χ0) is 33.1. The van der Waals surface area contributed by atoms with Gasteiger partial charge < -0.3 is 19.7 Å². The number of Topliss-reactive ketones (excluding diaryl/α,β-unsaturated/α-hetero) is 2.